The fraction of sp³-hybridized carbons (Fsp3) is 0.909. The van der Waals surface area contributed by atoms with Gasteiger partial charge in [-0.05, 0) is 20.3 Å². The zero-order chi connectivity index (χ0) is 12.9. The molecule has 3 N–H and O–H groups in total. The number of methoxy groups -OCH3 is 1. The first-order chi connectivity index (χ1) is 7.98. The third-order valence-corrected chi connectivity index (χ3v) is 3.18. The predicted octanol–water partition coefficient (Wildman–Crippen LogP) is 0.249. The van der Waals surface area contributed by atoms with Crippen molar-refractivity contribution in [1.29, 1.82) is 0 Å². The van der Waals surface area contributed by atoms with Gasteiger partial charge in [-0.1, -0.05) is 5.16 Å². The molecule has 1 atom stereocenters. The highest BCUT2D eigenvalue weighted by Crippen LogP contribution is 2.15. The molecule has 1 heterocycles. The summed E-state index contributed by atoms with van der Waals surface area (Å²) in [5.41, 5.74) is 5.42. The van der Waals surface area contributed by atoms with Gasteiger partial charge in [0.25, 0.3) is 0 Å². The topological polar surface area (TPSA) is 80.3 Å². The third-order valence-electron chi connectivity index (χ3n) is 3.18. The van der Waals surface area contributed by atoms with Crippen molar-refractivity contribution in [2.75, 3.05) is 33.4 Å². The molecule has 0 amide bonds. The monoisotopic (exact) mass is 245 g/mol. The van der Waals surface area contributed by atoms with Gasteiger partial charge in [-0.25, -0.2) is 0 Å². The number of oxime groups is 1. The number of ether oxygens (including phenoxy) is 2. The minimum Gasteiger partial charge on any atom is -0.409 e. The highest BCUT2D eigenvalue weighted by atomic mass is 16.5. The number of nitrogens with two attached hydrogens (primary N) is 1. The zero-order valence-electron chi connectivity index (χ0n) is 10.8. The normalized spacial score (nSPS) is 23.9. The van der Waals surface area contributed by atoms with Crippen LogP contribution in [0.1, 0.15) is 20.3 Å². The van der Waals surface area contributed by atoms with Crippen LogP contribution in [0.3, 0.4) is 0 Å². The lowest BCUT2D eigenvalue weighted by Crippen LogP contribution is -2.49. The van der Waals surface area contributed by atoms with Crippen LogP contribution in [0.4, 0.5) is 0 Å². The summed E-state index contributed by atoms with van der Waals surface area (Å²) >= 11 is 0. The first-order valence-electron chi connectivity index (χ1n) is 5.85. The quantitative estimate of drug-likeness (QED) is 0.314. The van der Waals surface area contributed by atoms with E-state index >= 15 is 0 Å². The molecule has 1 aliphatic rings. The Balaban J connectivity index is 2.40. The first kappa shape index (κ1) is 14.2. The summed E-state index contributed by atoms with van der Waals surface area (Å²) in [5, 5.41) is 11.6. The lowest BCUT2D eigenvalue weighted by molar-refractivity contribution is -0.0216. The molecule has 6 nitrogen and oxygen atoms in total. The number of rotatable bonds is 5. The van der Waals surface area contributed by atoms with Crippen molar-refractivity contribution in [2.45, 2.75) is 32.0 Å². The summed E-state index contributed by atoms with van der Waals surface area (Å²) in [5.74, 6) is 0.140. The number of amidine groups is 1. The van der Waals surface area contributed by atoms with E-state index in [1.807, 2.05) is 0 Å². The molecule has 17 heavy (non-hydrogen) atoms. The molecule has 1 saturated heterocycles. The number of morpholine rings is 1. The Morgan fingerprint density at radius 1 is 1.65 bits per heavy atom. The Morgan fingerprint density at radius 3 is 2.94 bits per heavy atom. The molecule has 0 aromatic carbocycles. The summed E-state index contributed by atoms with van der Waals surface area (Å²) in [4.78, 5) is 2.24. The van der Waals surface area contributed by atoms with Gasteiger partial charge in [0.1, 0.15) is 6.10 Å². The van der Waals surface area contributed by atoms with E-state index in [4.69, 9.17) is 20.4 Å². The second kappa shape index (κ2) is 6.18. The Kier molecular flexibility index (Phi) is 5.17. The molecular weight excluding hydrogens is 222 g/mol. The number of nitrogens with zero attached hydrogens (tertiary/aromatic N) is 2. The van der Waals surface area contributed by atoms with E-state index in [9.17, 15) is 0 Å². The molecule has 0 aromatic heterocycles. The van der Waals surface area contributed by atoms with E-state index in [1.54, 1.807) is 7.11 Å². The summed E-state index contributed by atoms with van der Waals surface area (Å²) < 4.78 is 10.8. The van der Waals surface area contributed by atoms with Crippen molar-refractivity contribution in [2.24, 2.45) is 10.9 Å². The average molecular weight is 245 g/mol. The molecule has 6 heteroatoms. The molecule has 0 aromatic rings. The maximum Gasteiger partial charge on any atom is 0.169 e. The Labute approximate surface area is 102 Å². The Hall–Kier alpha value is -0.850. The molecule has 1 unspecified atom stereocenters. The van der Waals surface area contributed by atoms with Crippen molar-refractivity contribution in [3.05, 3.63) is 0 Å². The highest BCUT2D eigenvalue weighted by molar-refractivity contribution is 5.84. The molecule has 0 bridgehead atoms. The van der Waals surface area contributed by atoms with Gasteiger partial charge >= 0.3 is 0 Å². The fourth-order valence-electron chi connectivity index (χ4n) is 1.68. The molecule has 0 aliphatic carbocycles. The third kappa shape index (κ3) is 4.49. The molecular formula is C11H23N3O3. The SMILES string of the molecule is COC(C)(C)CCN1CCOC(C(N)=NO)C1. The second-order valence-electron chi connectivity index (χ2n) is 4.90. The van der Waals surface area contributed by atoms with Crippen LogP contribution >= 0.6 is 0 Å². The number of hydrogen-bond acceptors (Lipinski definition) is 5. The number of hydrogen-bond donors (Lipinski definition) is 2. The van der Waals surface area contributed by atoms with Crippen molar-refractivity contribution >= 4 is 5.84 Å². The lowest BCUT2D eigenvalue weighted by Gasteiger charge is -2.34. The van der Waals surface area contributed by atoms with Crippen molar-refractivity contribution in [3.8, 4) is 0 Å². The summed E-state index contributed by atoms with van der Waals surface area (Å²) in [6.45, 7) is 7.18. The standard InChI is InChI=1S/C11H23N3O3/c1-11(2,16-3)4-5-14-6-7-17-9(8-14)10(12)13-15/h9,15H,4-8H2,1-3H3,(H2,12,13). The molecule has 1 aliphatic heterocycles. The summed E-state index contributed by atoms with van der Waals surface area (Å²) in [7, 11) is 1.72. The van der Waals surface area contributed by atoms with E-state index in [1.165, 1.54) is 0 Å². The largest absolute Gasteiger partial charge is 0.409 e. The van der Waals surface area contributed by atoms with Crippen LogP contribution < -0.4 is 5.73 Å². The van der Waals surface area contributed by atoms with Crippen LogP contribution in [-0.2, 0) is 9.47 Å². The van der Waals surface area contributed by atoms with Crippen LogP contribution in [0.25, 0.3) is 0 Å². The fourth-order valence-corrected chi connectivity index (χ4v) is 1.68. The van der Waals surface area contributed by atoms with Gasteiger partial charge in [-0.2, -0.15) is 0 Å². The smallest absolute Gasteiger partial charge is 0.169 e. The van der Waals surface area contributed by atoms with Gasteiger partial charge in [-0.15, -0.1) is 0 Å². The molecule has 0 radical (unpaired) electrons. The van der Waals surface area contributed by atoms with Crippen molar-refractivity contribution in [3.63, 3.8) is 0 Å². The van der Waals surface area contributed by atoms with E-state index in [0.717, 1.165) is 19.5 Å². The molecule has 1 fully saturated rings. The van der Waals surface area contributed by atoms with E-state index < -0.39 is 0 Å². The maximum atomic E-state index is 8.61. The van der Waals surface area contributed by atoms with Crippen LogP contribution in [0, 0.1) is 0 Å². The van der Waals surface area contributed by atoms with Gasteiger partial charge in [-0.3, -0.25) is 4.90 Å². The predicted molar refractivity (Wildman–Crippen MR) is 65.3 cm³/mol. The van der Waals surface area contributed by atoms with Gasteiger partial charge in [0.2, 0.25) is 0 Å². The van der Waals surface area contributed by atoms with Gasteiger partial charge in [0.05, 0.1) is 12.2 Å². The van der Waals surface area contributed by atoms with Crippen LogP contribution in [0.5, 0.6) is 0 Å². The minimum absolute atomic E-state index is 0.121. The van der Waals surface area contributed by atoms with Crippen LogP contribution in [-0.4, -0.2) is 61.0 Å². The Bertz CT molecular complexity index is 269. The van der Waals surface area contributed by atoms with E-state index in [-0.39, 0.29) is 17.5 Å². The minimum atomic E-state index is -0.306. The van der Waals surface area contributed by atoms with Crippen LogP contribution in [0.2, 0.25) is 0 Å². The first-order valence-corrected chi connectivity index (χ1v) is 5.85. The van der Waals surface area contributed by atoms with Gasteiger partial charge in [0.15, 0.2) is 5.84 Å². The molecule has 0 saturated carbocycles. The van der Waals surface area contributed by atoms with E-state index in [0.29, 0.717) is 13.2 Å². The molecule has 0 spiro atoms. The van der Waals surface area contributed by atoms with Crippen molar-refractivity contribution < 1.29 is 14.7 Å². The molecule has 100 valence electrons. The average Bonchev–Trinajstić information content (AvgIpc) is 2.36. The highest BCUT2D eigenvalue weighted by Gasteiger charge is 2.25. The van der Waals surface area contributed by atoms with Crippen LogP contribution in [0.15, 0.2) is 5.16 Å². The summed E-state index contributed by atoms with van der Waals surface area (Å²) in [6, 6.07) is 0. The maximum absolute atomic E-state index is 8.61. The second-order valence-corrected chi connectivity index (χ2v) is 4.90. The Morgan fingerprint density at radius 2 is 2.35 bits per heavy atom. The van der Waals surface area contributed by atoms with Gasteiger partial charge < -0.3 is 20.4 Å². The summed E-state index contributed by atoms with van der Waals surface area (Å²) in [6.07, 6.45) is 0.631. The van der Waals surface area contributed by atoms with Gasteiger partial charge in [0, 0.05) is 26.7 Å². The lowest BCUT2D eigenvalue weighted by atomic mass is 10.0. The van der Waals surface area contributed by atoms with Crippen molar-refractivity contribution in [1.82, 2.24) is 4.90 Å². The zero-order valence-corrected chi connectivity index (χ0v) is 10.8. The van der Waals surface area contributed by atoms with E-state index in [2.05, 4.69) is 23.9 Å². The molecule has 1 rings (SSSR count).